The smallest absolute Gasteiger partial charge is 0.317 e. The van der Waals surface area contributed by atoms with Crippen molar-refractivity contribution in [2.45, 2.75) is 32.7 Å². The van der Waals surface area contributed by atoms with Crippen LogP contribution in [0.2, 0.25) is 0 Å². The summed E-state index contributed by atoms with van der Waals surface area (Å²) >= 11 is 0. The second-order valence-corrected chi connectivity index (χ2v) is 4.36. The number of benzene rings is 1. The number of carboxylic acids is 1. The fraction of sp³-hybridized carbons (Fsp3) is 0.500. The van der Waals surface area contributed by atoms with E-state index in [1.807, 2.05) is 23.1 Å². The summed E-state index contributed by atoms with van der Waals surface area (Å²) in [4.78, 5) is 12.8. The van der Waals surface area contributed by atoms with Crippen LogP contribution in [0.25, 0.3) is 0 Å². The molecule has 0 radical (unpaired) electrons. The van der Waals surface area contributed by atoms with Gasteiger partial charge in [-0.25, -0.2) is 0 Å². The number of hydrogen-bond donors (Lipinski definition) is 1. The van der Waals surface area contributed by atoms with Crippen molar-refractivity contribution >= 4 is 5.97 Å². The highest BCUT2D eigenvalue weighted by molar-refractivity contribution is 5.69. The van der Waals surface area contributed by atoms with Gasteiger partial charge in [0.05, 0.1) is 6.54 Å². The monoisotopic (exact) mass is 235 g/mol. The zero-order chi connectivity index (χ0) is 12.7. The molecule has 0 saturated carbocycles. The van der Waals surface area contributed by atoms with Gasteiger partial charge >= 0.3 is 5.97 Å². The lowest BCUT2D eigenvalue weighted by atomic mass is 10.1. The summed E-state index contributed by atoms with van der Waals surface area (Å²) < 4.78 is 0. The van der Waals surface area contributed by atoms with Crippen molar-refractivity contribution in [3.8, 4) is 0 Å². The molecule has 3 nitrogen and oxygen atoms in total. The second kappa shape index (κ2) is 7.07. The number of rotatable bonds is 7. The Kier molecular flexibility index (Phi) is 5.70. The van der Waals surface area contributed by atoms with Gasteiger partial charge in [-0.2, -0.15) is 0 Å². The van der Waals surface area contributed by atoms with Gasteiger partial charge in [0, 0.05) is 12.6 Å². The fourth-order valence-corrected chi connectivity index (χ4v) is 1.80. The van der Waals surface area contributed by atoms with Crippen LogP contribution < -0.4 is 0 Å². The molecule has 0 spiro atoms. The molecule has 0 aromatic heterocycles. The lowest BCUT2D eigenvalue weighted by Crippen LogP contribution is -2.38. The number of hydrogen-bond acceptors (Lipinski definition) is 2. The molecular weight excluding hydrogens is 214 g/mol. The van der Waals surface area contributed by atoms with Gasteiger partial charge in [-0.05, 0) is 25.3 Å². The third-order valence-electron chi connectivity index (χ3n) is 3.08. The molecule has 1 rings (SSSR count). The van der Waals surface area contributed by atoms with Crippen LogP contribution in [0.4, 0.5) is 0 Å². The van der Waals surface area contributed by atoms with Crippen molar-refractivity contribution in [2.24, 2.45) is 0 Å². The molecule has 1 aromatic rings. The Morgan fingerprint density at radius 2 is 2.00 bits per heavy atom. The summed E-state index contributed by atoms with van der Waals surface area (Å²) in [6.07, 6.45) is 1.88. The maximum absolute atomic E-state index is 10.8. The molecule has 0 saturated heterocycles. The highest BCUT2D eigenvalue weighted by atomic mass is 16.4. The predicted molar refractivity (Wildman–Crippen MR) is 69.1 cm³/mol. The molecule has 1 atom stereocenters. The van der Waals surface area contributed by atoms with Gasteiger partial charge < -0.3 is 5.11 Å². The van der Waals surface area contributed by atoms with Crippen LogP contribution in [0.15, 0.2) is 30.3 Å². The molecule has 0 aliphatic carbocycles. The van der Waals surface area contributed by atoms with Crippen LogP contribution in [0.1, 0.15) is 25.8 Å². The van der Waals surface area contributed by atoms with Gasteiger partial charge in [-0.15, -0.1) is 0 Å². The molecule has 94 valence electrons. The average molecular weight is 235 g/mol. The van der Waals surface area contributed by atoms with Gasteiger partial charge in [0.1, 0.15) is 0 Å². The summed E-state index contributed by atoms with van der Waals surface area (Å²) in [7, 11) is 0. The topological polar surface area (TPSA) is 40.5 Å². The Labute approximate surface area is 103 Å². The largest absolute Gasteiger partial charge is 0.480 e. The molecule has 1 unspecified atom stereocenters. The molecule has 0 amide bonds. The highest BCUT2D eigenvalue weighted by Crippen LogP contribution is 2.06. The minimum atomic E-state index is -0.752. The molecule has 0 aliphatic rings. The minimum Gasteiger partial charge on any atom is -0.480 e. The quantitative estimate of drug-likeness (QED) is 0.789. The number of nitrogens with zero attached hydrogens (tertiary/aromatic N) is 1. The fourth-order valence-electron chi connectivity index (χ4n) is 1.80. The Balaban J connectivity index is 2.51. The summed E-state index contributed by atoms with van der Waals surface area (Å²) in [5.41, 5.74) is 1.26. The summed E-state index contributed by atoms with van der Waals surface area (Å²) in [5.74, 6) is -0.752. The Bertz CT molecular complexity index is 337. The number of aliphatic carboxylic acids is 1. The molecule has 0 heterocycles. The van der Waals surface area contributed by atoms with Crippen LogP contribution in [-0.2, 0) is 11.2 Å². The van der Waals surface area contributed by atoms with Crippen LogP contribution >= 0.6 is 0 Å². The van der Waals surface area contributed by atoms with Crippen LogP contribution in [-0.4, -0.2) is 35.1 Å². The number of carboxylic acid groups (broad SMARTS) is 1. The maximum atomic E-state index is 10.8. The van der Waals surface area contributed by atoms with Crippen LogP contribution in [0.5, 0.6) is 0 Å². The first-order chi connectivity index (χ1) is 8.13. The van der Waals surface area contributed by atoms with Gasteiger partial charge in [0.2, 0.25) is 0 Å². The normalized spacial score (nSPS) is 12.6. The predicted octanol–water partition coefficient (Wildman–Crippen LogP) is 2.41. The van der Waals surface area contributed by atoms with Crippen molar-refractivity contribution in [1.82, 2.24) is 4.90 Å². The van der Waals surface area contributed by atoms with E-state index in [4.69, 9.17) is 5.11 Å². The molecule has 3 heteroatoms. The standard InChI is InChI=1S/C14H21NO2/c1-3-12(2)15(11-14(16)17)10-9-13-7-5-4-6-8-13/h4-8,12H,3,9-11H2,1-2H3,(H,16,17). The van der Waals surface area contributed by atoms with Crippen molar-refractivity contribution in [1.29, 1.82) is 0 Å². The van der Waals surface area contributed by atoms with E-state index in [2.05, 4.69) is 26.0 Å². The van der Waals surface area contributed by atoms with Crippen molar-refractivity contribution in [3.05, 3.63) is 35.9 Å². The Morgan fingerprint density at radius 3 is 2.53 bits per heavy atom. The zero-order valence-corrected chi connectivity index (χ0v) is 10.6. The molecule has 0 aliphatic heterocycles. The van der Waals surface area contributed by atoms with E-state index in [-0.39, 0.29) is 6.54 Å². The van der Waals surface area contributed by atoms with E-state index < -0.39 is 5.97 Å². The van der Waals surface area contributed by atoms with E-state index in [1.54, 1.807) is 0 Å². The van der Waals surface area contributed by atoms with Gasteiger partial charge in [-0.3, -0.25) is 9.69 Å². The lowest BCUT2D eigenvalue weighted by Gasteiger charge is -2.26. The van der Waals surface area contributed by atoms with E-state index in [9.17, 15) is 4.79 Å². The van der Waals surface area contributed by atoms with Crippen molar-refractivity contribution in [2.75, 3.05) is 13.1 Å². The van der Waals surface area contributed by atoms with E-state index in [0.29, 0.717) is 6.04 Å². The third-order valence-corrected chi connectivity index (χ3v) is 3.08. The molecular formula is C14H21NO2. The lowest BCUT2D eigenvalue weighted by molar-refractivity contribution is -0.138. The van der Waals surface area contributed by atoms with Gasteiger partial charge in [-0.1, -0.05) is 37.3 Å². The second-order valence-electron chi connectivity index (χ2n) is 4.36. The van der Waals surface area contributed by atoms with Crippen LogP contribution in [0, 0.1) is 0 Å². The maximum Gasteiger partial charge on any atom is 0.317 e. The first kappa shape index (κ1) is 13.7. The number of carbonyl (C=O) groups is 1. The van der Waals surface area contributed by atoms with E-state index >= 15 is 0 Å². The Hall–Kier alpha value is -1.35. The van der Waals surface area contributed by atoms with E-state index in [1.165, 1.54) is 5.56 Å². The summed E-state index contributed by atoms with van der Waals surface area (Å²) in [6.45, 7) is 5.09. The first-order valence-electron chi connectivity index (χ1n) is 6.13. The third kappa shape index (κ3) is 5.00. The SMILES string of the molecule is CCC(C)N(CCc1ccccc1)CC(=O)O. The molecule has 1 N–H and O–H groups in total. The zero-order valence-electron chi connectivity index (χ0n) is 10.6. The van der Waals surface area contributed by atoms with Crippen molar-refractivity contribution < 1.29 is 9.90 Å². The highest BCUT2D eigenvalue weighted by Gasteiger charge is 2.14. The van der Waals surface area contributed by atoms with Gasteiger partial charge in [0.25, 0.3) is 0 Å². The molecule has 0 bridgehead atoms. The molecule has 0 fully saturated rings. The molecule has 1 aromatic carbocycles. The van der Waals surface area contributed by atoms with Gasteiger partial charge in [0.15, 0.2) is 0 Å². The first-order valence-corrected chi connectivity index (χ1v) is 6.13. The van der Waals surface area contributed by atoms with Crippen LogP contribution in [0.3, 0.4) is 0 Å². The average Bonchev–Trinajstić information content (AvgIpc) is 2.34. The Morgan fingerprint density at radius 1 is 1.35 bits per heavy atom. The summed E-state index contributed by atoms with van der Waals surface area (Å²) in [5, 5.41) is 8.88. The molecule has 17 heavy (non-hydrogen) atoms. The van der Waals surface area contributed by atoms with Crippen molar-refractivity contribution in [3.63, 3.8) is 0 Å². The van der Waals surface area contributed by atoms with E-state index in [0.717, 1.165) is 19.4 Å². The minimum absolute atomic E-state index is 0.127. The summed E-state index contributed by atoms with van der Waals surface area (Å²) in [6, 6.07) is 10.5.